The van der Waals surface area contributed by atoms with Gasteiger partial charge in [0.25, 0.3) is 5.91 Å². The minimum absolute atomic E-state index is 0. The maximum Gasteiger partial charge on any atom is 0.251 e. The van der Waals surface area contributed by atoms with E-state index in [1.165, 1.54) is 12.3 Å². The molecular weight excluding hydrogens is 187 g/mol. The van der Waals surface area contributed by atoms with Gasteiger partial charge < -0.3 is 5.73 Å². The molecule has 0 aromatic carbocycles. The van der Waals surface area contributed by atoms with Crippen LogP contribution in [-0.2, 0) is 0 Å². The number of amides is 1. The average molecular weight is 193 g/mol. The fraction of sp³-hybridized carbons (Fsp3) is 0. The number of halogens is 2. The fourth-order valence-corrected chi connectivity index (χ4v) is 0.782. The summed E-state index contributed by atoms with van der Waals surface area (Å²) in [5.41, 5.74) is 5.21. The molecule has 0 aliphatic rings. The van der Waals surface area contributed by atoms with Gasteiger partial charge in [-0.15, -0.1) is 12.4 Å². The van der Waals surface area contributed by atoms with Crippen LogP contribution in [0.2, 0.25) is 5.15 Å². The van der Waals surface area contributed by atoms with Crippen LogP contribution in [0, 0.1) is 0 Å². The lowest BCUT2D eigenvalue weighted by atomic mass is 10.3. The molecule has 2 N–H and O–H groups in total. The number of rotatable bonds is 1. The Morgan fingerprint density at radius 3 is 2.64 bits per heavy atom. The van der Waals surface area contributed by atoms with E-state index >= 15 is 0 Å². The summed E-state index contributed by atoms with van der Waals surface area (Å²) >= 11 is 5.51. The lowest BCUT2D eigenvalue weighted by Gasteiger charge is -1.94. The monoisotopic (exact) mass is 192 g/mol. The number of hydrogen-bond acceptors (Lipinski definition) is 2. The lowest BCUT2D eigenvalue weighted by molar-refractivity contribution is 0.1000. The Labute approximate surface area is 75.0 Å². The first-order chi connectivity index (χ1) is 4.72. The van der Waals surface area contributed by atoms with Gasteiger partial charge in [0.15, 0.2) is 0 Å². The van der Waals surface area contributed by atoms with Gasteiger partial charge in [-0.05, 0) is 12.1 Å². The van der Waals surface area contributed by atoms with E-state index in [-0.39, 0.29) is 23.1 Å². The van der Waals surface area contributed by atoms with E-state index in [4.69, 9.17) is 17.3 Å². The van der Waals surface area contributed by atoms with E-state index in [2.05, 4.69) is 4.98 Å². The van der Waals surface area contributed by atoms with Gasteiger partial charge in [-0.25, -0.2) is 4.98 Å². The normalized spacial score (nSPS) is 8.45. The molecule has 0 bridgehead atoms. The van der Waals surface area contributed by atoms with Crippen LogP contribution < -0.4 is 5.73 Å². The predicted molar refractivity (Wildman–Crippen MR) is 45.0 cm³/mol. The van der Waals surface area contributed by atoms with Gasteiger partial charge in [0.1, 0.15) is 5.15 Å². The zero-order valence-corrected chi connectivity index (χ0v) is 7.02. The first-order valence-corrected chi connectivity index (χ1v) is 3.00. The molecule has 1 aromatic rings. The second kappa shape index (κ2) is 4.16. The number of primary amides is 1. The summed E-state index contributed by atoms with van der Waals surface area (Å²) in [5, 5.41) is 0.148. The Hall–Kier alpha value is -0.800. The Morgan fingerprint density at radius 2 is 2.27 bits per heavy atom. The molecule has 1 rings (SSSR count). The molecule has 0 fully saturated rings. The average Bonchev–Trinajstić information content (AvgIpc) is 1.88. The Balaban J connectivity index is 0.000001000. The van der Waals surface area contributed by atoms with Gasteiger partial charge in [0.2, 0.25) is 0 Å². The highest BCUT2D eigenvalue weighted by Crippen LogP contribution is 2.09. The number of carbonyl (C=O) groups excluding carboxylic acids is 1. The summed E-state index contributed by atoms with van der Waals surface area (Å²) in [6, 6.07) is 3.13. The summed E-state index contributed by atoms with van der Waals surface area (Å²) in [6.07, 6.45) is 1.49. The lowest BCUT2D eigenvalue weighted by Crippen LogP contribution is -2.11. The summed E-state index contributed by atoms with van der Waals surface area (Å²) in [4.78, 5) is 14.2. The number of nitrogens with two attached hydrogens (primary N) is 1. The Bertz CT molecular complexity index is 265. The standard InChI is InChI=1S/C6H5ClN2O.ClH/c7-5-4(6(8)10)2-1-3-9-5;/h1-3H,(H2,8,10);1H. The topological polar surface area (TPSA) is 56.0 Å². The molecular formula is C6H6Cl2N2O. The SMILES string of the molecule is Cl.NC(=O)c1cccnc1Cl. The van der Waals surface area contributed by atoms with Crippen LogP contribution in [0.4, 0.5) is 0 Å². The first kappa shape index (κ1) is 10.2. The first-order valence-electron chi connectivity index (χ1n) is 2.62. The van der Waals surface area contributed by atoms with Crippen LogP contribution in [0.3, 0.4) is 0 Å². The maximum absolute atomic E-state index is 10.5. The van der Waals surface area contributed by atoms with Crippen molar-refractivity contribution in [2.75, 3.05) is 0 Å². The second-order valence-corrected chi connectivity index (χ2v) is 2.06. The van der Waals surface area contributed by atoms with Crippen molar-refractivity contribution in [3.63, 3.8) is 0 Å². The van der Waals surface area contributed by atoms with Crippen LogP contribution in [0.15, 0.2) is 18.3 Å². The number of hydrogen-bond donors (Lipinski definition) is 1. The van der Waals surface area contributed by atoms with Gasteiger partial charge in [-0.3, -0.25) is 4.79 Å². The van der Waals surface area contributed by atoms with Crippen LogP contribution in [-0.4, -0.2) is 10.9 Å². The van der Waals surface area contributed by atoms with Crippen LogP contribution >= 0.6 is 24.0 Å². The second-order valence-electron chi connectivity index (χ2n) is 1.71. The van der Waals surface area contributed by atoms with E-state index in [1.54, 1.807) is 6.07 Å². The molecule has 0 atom stereocenters. The highest BCUT2D eigenvalue weighted by molar-refractivity contribution is 6.32. The summed E-state index contributed by atoms with van der Waals surface area (Å²) in [6.45, 7) is 0. The summed E-state index contributed by atoms with van der Waals surface area (Å²) in [5.74, 6) is -0.557. The third-order valence-electron chi connectivity index (χ3n) is 1.02. The van der Waals surface area contributed by atoms with E-state index < -0.39 is 5.91 Å². The number of aromatic nitrogens is 1. The zero-order chi connectivity index (χ0) is 7.56. The van der Waals surface area contributed by atoms with Crippen molar-refractivity contribution in [1.82, 2.24) is 4.98 Å². The molecule has 5 heteroatoms. The van der Waals surface area contributed by atoms with Gasteiger partial charge in [-0.1, -0.05) is 11.6 Å². The highest BCUT2D eigenvalue weighted by atomic mass is 35.5. The number of pyridine rings is 1. The zero-order valence-electron chi connectivity index (χ0n) is 5.45. The Kier molecular flexibility index (Phi) is 3.85. The molecule has 1 aromatic heterocycles. The summed E-state index contributed by atoms with van der Waals surface area (Å²) in [7, 11) is 0. The van der Waals surface area contributed by atoms with Gasteiger partial charge >= 0.3 is 0 Å². The van der Waals surface area contributed by atoms with E-state index in [1.807, 2.05) is 0 Å². The quantitative estimate of drug-likeness (QED) is 0.682. The van der Waals surface area contributed by atoms with Crippen LogP contribution in [0.1, 0.15) is 10.4 Å². The molecule has 60 valence electrons. The highest BCUT2D eigenvalue weighted by Gasteiger charge is 2.04. The van der Waals surface area contributed by atoms with E-state index in [0.29, 0.717) is 0 Å². The molecule has 0 radical (unpaired) electrons. The van der Waals surface area contributed by atoms with E-state index in [0.717, 1.165) is 0 Å². The summed E-state index contributed by atoms with van der Waals surface area (Å²) < 4.78 is 0. The minimum atomic E-state index is -0.557. The molecule has 1 heterocycles. The molecule has 0 aliphatic heterocycles. The molecule has 1 amide bonds. The number of carbonyl (C=O) groups is 1. The largest absolute Gasteiger partial charge is 0.366 e. The molecule has 0 saturated heterocycles. The van der Waals surface area contributed by atoms with Crippen molar-refractivity contribution in [3.05, 3.63) is 29.0 Å². The molecule has 0 spiro atoms. The third kappa shape index (κ3) is 2.37. The minimum Gasteiger partial charge on any atom is -0.366 e. The molecule has 11 heavy (non-hydrogen) atoms. The van der Waals surface area contributed by atoms with Gasteiger partial charge in [-0.2, -0.15) is 0 Å². The number of nitrogens with zero attached hydrogens (tertiary/aromatic N) is 1. The maximum atomic E-state index is 10.5. The predicted octanol–water partition coefficient (Wildman–Crippen LogP) is 1.26. The van der Waals surface area contributed by atoms with Gasteiger partial charge in [0.05, 0.1) is 5.56 Å². The van der Waals surface area contributed by atoms with Crippen molar-refractivity contribution in [2.24, 2.45) is 5.73 Å². The van der Waals surface area contributed by atoms with Crippen molar-refractivity contribution in [2.45, 2.75) is 0 Å². The third-order valence-corrected chi connectivity index (χ3v) is 1.33. The fourth-order valence-electron chi connectivity index (χ4n) is 0.570. The molecule has 3 nitrogen and oxygen atoms in total. The smallest absolute Gasteiger partial charge is 0.251 e. The van der Waals surface area contributed by atoms with Crippen molar-refractivity contribution >= 4 is 29.9 Å². The Morgan fingerprint density at radius 1 is 1.64 bits per heavy atom. The van der Waals surface area contributed by atoms with Crippen LogP contribution in [0.25, 0.3) is 0 Å². The van der Waals surface area contributed by atoms with Gasteiger partial charge in [0, 0.05) is 6.20 Å². The van der Waals surface area contributed by atoms with E-state index in [9.17, 15) is 4.79 Å². The van der Waals surface area contributed by atoms with Crippen molar-refractivity contribution in [3.8, 4) is 0 Å². The molecule has 0 saturated carbocycles. The van der Waals surface area contributed by atoms with Crippen molar-refractivity contribution in [1.29, 1.82) is 0 Å². The molecule has 0 unspecified atom stereocenters. The molecule has 0 aliphatic carbocycles. The van der Waals surface area contributed by atoms with Crippen molar-refractivity contribution < 1.29 is 4.79 Å². The van der Waals surface area contributed by atoms with Crippen LogP contribution in [0.5, 0.6) is 0 Å².